The third-order valence-electron chi connectivity index (χ3n) is 5.50. The van der Waals surface area contributed by atoms with Gasteiger partial charge in [-0.15, -0.1) is 0 Å². The highest BCUT2D eigenvalue weighted by Gasteiger charge is 2.49. The quantitative estimate of drug-likeness (QED) is 0.713. The second kappa shape index (κ2) is 6.89. The number of carbonyl (C=O) groups excluding carboxylic acids is 1. The summed E-state index contributed by atoms with van der Waals surface area (Å²) in [7, 11) is -3.54. The Kier molecular flexibility index (Phi) is 4.33. The van der Waals surface area contributed by atoms with E-state index >= 15 is 0 Å². The summed E-state index contributed by atoms with van der Waals surface area (Å²) < 4.78 is 33.0. The molecule has 3 heterocycles. The Labute approximate surface area is 168 Å². The Morgan fingerprint density at radius 1 is 1.03 bits per heavy atom. The maximum absolute atomic E-state index is 13.3. The molecule has 3 aliphatic heterocycles. The average molecular weight is 410 g/mol. The molecule has 8 heteroatoms. The molecule has 2 aromatic rings. The van der Waals surface area contributed by atoms with Crippen LogP contribution in [0.15, 0.2) is 75.9 Å². The van der Waals surface area contributed by atoms with Crippen molar-refractivity contribution in [3.8, 4) is 0 Å². The molecule has 0 bridgehead atoms. The van der Waals surface area contributed by atoms with Crippen molar-refractivity contribution in [2.24, 2.45) is 5.11 Å². The number of benzene rings is 2. The zero-order valence-electron chi connectivity index (χ0n) is 15.7. The van der Waals surface area contributed by atoms with Crippen molar-refractivity contribution in [3.63, 3.8) is 0 Å². The summed E-state index contributed by atoms with van der Waals surface area (Å²) in [5.41, 5.74) is 2.25. The Bertz CT molecular complexity index is 1150. The molecule has 3 aliphatic rings. The predicted molar refractivity (Wildman–Crippen MR) is 104 cm³/mol. The van der Waals surface area contributed by atoms with Gasteiger partial charge in [0.05, 0.1) is 29.4 Å². The highest BCUT2D eigenvalue weighted by molar-refractivity contribution is 7.91. The smallest absolute Gasteiger partial charge is 0.279 e. The van der Waals surface area contributed by atoms with Crippen molar-refractivity contribution in [2.45, 2.75) is 10.9 Å². The lowest BCUT2D eigenvalue weighted by Gasteiger charge is -2.26. The molecule has 1 saturated heterocycles. The first-order valence-corrected chi connectivity index (χ1v) is 11.2. The molecule has 0 spiro atoms. The summed E-state index contributed by atoms with van der Waals surface area (Å²) in [6.07, 6.45) is 0. The van der Waals surface area contributed by atoms with Crippen molar-refractivity contribution in [1.29, 1.82) is 0 Å². The summed E-state index contributed by atoms with van der Waals surface area (Å²) in [5, 5.41) is 4.66. The zero-order chi connectivity index (χ0) is 20.0. The number of fused-ring (bicyclic) bond motifs is 3. The molecule has 5 rings (SSSR count). The number of amides is 1. The molecule has 0 N–H and O–H groups in total. The molecule has 29 heavy (non-hydrogen) atoms. The van der Waals surface area contributed by atoms with Gasteiger partial charge in [0.15, 0.2) is 9.84 Å². The summed E-state index contributed by atoms with van der Waals surface area (Å²) in [4.78, 5) is 15.3. The van der Waals surface area contributed by atoms with E-state index in [4.69, 9.17) is 4.74 Å². The summed E-state index contributed by atoms with van der Waals surface area (Å²) in [5.74, 6) is -0.436. The normalized spacial score (nSPS) is 22.7. The van der Waals surface area contributed by atoms with Gasteiger partial charge in [0.25, 0.3) is 5.91 Å². The fourth-order valence-electron chi connectivity index (χ4n) is 4.13. The van der Waals surface area contributed by atoms with Crippen LogP contribution < -0.4 is 0 Å². The number of sulfone groups is 1. The van der Waals surface area contributed by atoms with Gasteiger partial charge in [-0.2, -0.15) is 0 Å². The third kappa shape index (κ3) is 2.99. The van der Waals surface area contributed by atoms with Crippen molar-refractivity contribution >= 4 is 21.4 Å². The van der Waals surface area contributed by atoms with E-state index in [1.807, 2.05) is 42.5 Å². The van der Waals surface area contributed by atoms with Crippen LogP contribution in [0.4, 0.5) is 5.69 Å². The Hall–Kier alpha value is -2.84. The number of rotatable bonds is 2. The summed E-state index contributed by atoms with van der Waals surface area (Å²) >= 11 is 0. The molecule has 7 nitrogen and oxygen atoms in total. The van der Waals surface area contributed by atoms with Crippen LogP contribution in [-0.2, 0) is 19.4 Å². The molecular weight excluding hydrogens is 390 g/mol. The molecular formula is C21H20N3O4S+. The monoisotopic (exact) mass is 410 g/mol. The third-order valence-corrected chi connectivity index (χ3v) is 7.24. The first-order chi connectivity index (χ1) is 14.1. The van der Waals surface area contributed by atoms with Gasteiger partial charge >= 0.3 is 0 Å². The highest BCUT2D eigenvalue weighted by atomic mass is 32.2. The Morgan fingerprint density at radius 3 is 2.48 bits per heavy atom. The number of hydrogen-bond acceptors (Lipinski definition) is 5. The van der Waals surface area contributed by atoms with E-state index in [0.717, 1.165) is 5.69 Å². The van der Waals surface area contributed by atoms with E-state index in [2.05, 4.69) is 5.11 Å². The first kappa shape index (κ1) is 18.2. The number of para-hydroxylation sites is 1. The number of azo groups is 2. The molecule has 0 aliphatic carbocycles. The lowest BCUT2D eigenvalue weighted by molar-refractivity contribution is -0.539. The van der Waals surface area contributed by atoms with Gasteiger partial charge in [-0.1, -0.05) is 41.1 Å². The largest absolute Gasteiger partial charge is 0.378 e. The molecule has 0 aromatic heterocycles. The van der Waals surface area contributed by atoms with E-state index in [-0.39, 0.29) is 17.4 Å². The Balaban J connectivity index is 1.69. The minimum Gasteiger partial charge on any atom is -0.378 e. The number of morpholine rings is 1. The maximum atomic E-state index is 13.3. The van der Waals surface area contributed by atoms with Gasteiger partial charge in [-0.05, 0) is 6.07 Å². The van der Waals surface area contributed by atoms with Gasteiger partial charge in [0, 0.05) is 35.9 Å². The first-order valence-electron chi connectivity index (χ1n) is 9.54. The lowest BCUT2D eigenvalue weighted by atomic mass is 9.97. The van der Waals surface area contributed by atoms with Crippen molar-refractivity contribution < 1.29 is 22.6 Å². The minimum absolute atomic E-state index is 0.201. The topological polar surface area (TPSA) is 79.0 Å². The van der Waals surface area contributed by atoms with Crippen molar-refractivity contribution in [1.82, 2.24) is 4.90 Å². The van der Waals surface area contributed by atoms with Gasteiger partial charge in [0.1, 0.15) is 0 Å². The number of nitrogens with zero attached hydrogens (tertiary/aromatic N) is 3. The zero-order valence-corrected chi connectivity index (χ0v) is 16.5. The van der Waals surface area contributed by atoms with Crippen LogP contribution in [0.3, 0.4) is 0 Å². The van der Waals surface area contributed by atoms with Crippen LogP contribution in [-0.4, -0.2) is 56.0 Å². The van der Waals surface area contributed by atoms with E-state index < -0.39 is 15.9 Å². The van der Waals surface area contributed by atoms with E-state index in [1.54, 1.807) is 21.7 Å². The van der Waals surface area contributed by atoms with Crippen LogP contribution in [0.1, 0.15) is 11.6 Å². The van der Waals surface area contributed by atoms with E-state index in [1.165, 1.54) is 0 Å². The van der Waals surface area contributed by atoms with Crippen LogP contribution in [0.5, 0.6) is 0 Å². The van der Waals surface area contributed by atoms with Gasteiger partial charge in [0.2, 0.25) is 17.4 Å². The molecule has 148 valence electrons. The lowest BCUT2D eigenvalue weighted by Crippen LogP contribution is -2.41. The van der Waals surface area contributed by atoms with Crippen LogP contribution in [0, 0.1) is 0 Å². The average Bonchev–Trinajstić information content (AvgIpc) is 3.13. The van der Waals surface area contributed by atoms with Crippen LogP contribution in [0.25, 0.3) is 0 Å². The number of hydrogen-bond donors (Lipinski definition) is 0. The van der Waals surface area contributed by atoms with Gasteiger partial charge < -0.3 is 9.64 Å². The van der Waals surface area contributed by atoms with Crippen LogP contribution in [0.2, 0.25) is 0 Å². The fraction of sp³-hybridized carbons (Fsp3) is 0.286. The fourth-order valence-corrected chi connectivity index (χ4v) is 5.81. The molecule has 1 fully saturated rings. The second-order valence-electron chi connectivity index (χ2n) is 7.26. The van der Waals surface area contributed by atoms with Gasteiger partial charge in [-0.3, -0.25) is 4.79 Å². The predicted octanol–water partition coefficient (Wildman–Crippen LogP) is 2.44. The van der Waals surface area contributed by atoms with Crippen molar-refractivity contribution in [2.75, 3.05) is 32.1 Å². The van der Waals surface area contributed by atoms with E-state index in [0.29, 0.717) is 42.3 Å². The maximum Gasteiger partial charge on any atom is 0.279 e. The standard InChI is InChI=1S/C21H20N3O4S/c25-21(23-10-12-28-13-11-23)19-17-14-29(26,27)18-9-5-4-8-16(18)20(17)24(22-19)15-6-2-1-3-7-15/h1-9,20H,10-14H2/q+1. The molecule has 0 saturated carbocycles. The number of ether oxygens (including phenoxy) is 1. The summed E-state index contributed by atoms with van der Waals surface area (Å²) in [6.45, 7) is 1.90. The molecule has 1 unspecified atom stereocenters. The molecule has 0 radical (unpaired) electrons. The highest BCUT2D eigenvalue weighted by Crippen LogP contribution is 2.45. The second-order valence-corrected chi connectivity index (χ2v) is 9.22. The minimum atomic E-state index is -3.54. The number of carbonyl (C=O) groups is 1. The molecule has 2 aromatic carbocycles. The van der Waals surface area contributed by atoms with Gasteiger partial charge in [-0.25, -0.2) is 8.42 Å². The SMILES string of the molecule is O=C(C1=C2CS(=O)(=O)c3ccccc3C2[N+](c2ccccc2)=N1)N1CCOCC1. The molecule has 1 atom stereocenters. The Morgan fingerprint density at radius 2 is 1.72 bits per heavy atom. The van der Waals surface area contributed by atoms with E-state index in [9.17, 15) is 13.2 Å². The van der Waals surface area contributed by atoms with Crippen molar-refractivity contribution in [3.05, 3.63) is 71.4 Å². The summed E-state index contributed by atoms with van der Waals surface area (Å²) in [6, 6.07) is 16.1. The van der Waals surface area contributed by atoms with Crippen LogP contribution >= 0.6 is 0 Å². The molecule has 1 amide bonds.